The summed E-state index contributed by atoms with van der Waals surface area (Å²) in [6, 6.07) is 8.45. The van der Waals surface area contributed by atoms with Crippen molar-refractivity contribution in [2.75, 3.05) is 31.1 Å². The minimum Gasteiger partial charge on any atom is -0.421 e. The highest BCUT2D eigenvalue weighted by molar-refractivity contribution is 5.87. The maximum absolute atomic E-state index is 12.9. The summed E-state index contributed by atoms with van der Waals surface area (Å²) in [5.74, 6) is 0.469. The van der Waals surface area contributed by atoms with Gasteiger partial charge >= 0.3 is 5.63 Å². The molecular formula is C24H27N5O2. The maximum atomic E-state index is 12.9. The molecule has 3 aromatic heterocycles. The number of likely N-dealkylation sites (N-methyl/N-ethyl adjacent to an activating group) is 1. The van der Waals surface area contributed by atoms with Gasteiger partial charge in [-0.2, -0.15) is 0 Å². The zero-order valence-electron chi connectivity index (χ0n) is 18.4. The number of aromatic nitrogens is 3. The smallest absolute Gasteiger partial charge is 0.344 e. The standard InChI is InChI=1S/C24H27N5O2/c1-5-27-8-9-28(13-16(27)3)19-7-6-18-10-22(31-24(30)20(18)11-19)21-14-29-12-15(2)25-17(4)23(29)26-21/h6-7,10-12,14,16H,5,8-9,13H2,1-4H3/t16-/m0/s1. The van der Waals surface area contributed by atoms with Gasteiger partial charge in [-0.3, -0.25) is 9.88 Å². The molecule has 4 aromatic rings. The molecule has 0 bridgehead atoms. The molecule has 1 saturated heterocycles. The second kappa shape index (κ2) is 7.50. The van der Waals surface area contributed by atoms with Gasteiger partial charge in [-0.15, -0.1) is 0 Å². The van der Waals surface area contributed by atoms with E-state index in [1.54, 1.807) is 0 Å². The van der Waals surface area contributed by atoms with E-state index in [0.717, 1.165) is 54.3 Å². The lowest BCUT2D eigenvalue weighted by Gasteiger charge is -2.40. The fraction of sp³-hybridized carbons (Fsp3) is 0.375. The second-order valence-corrected chi connectivity index (χ2v) is 8.42. The minimum absolute atomic E-state index is 0.335. The molecule has 31 heavy (non-hydrogen) atoms. The van der Waals surface area contributed by atoms with Crippen molar-refractivity contribution >= 4 is 22.1 Å². The van der Waals surface area contributed by atoms with Crippen LogP contribution < -0.4 is 10.5 Å². The van der Waals surface area contributed by atoms with E-state index in [9.17, 15) is 4.79 Å². The minimum atomic E-state index is -0.335. The van der Waals surface area contributed by atoms with E-state index in [4.69, 9.17) is 4.42 Å². The molecule has 0 spiro atoms. The highest BCUT2D eigenvalue weighted by atomic mass is 16.4. The molecule has 0 unspecified atom stereocenters. The van der Waals surface area contributed by atoms with Crippen LogP contribution in [0, 0.1) is 13.8 Å². The third-order valence-electron chi connectivity index (χ3n) is 6.26. The summed E-state index contributed by atoms with van der Waals surface area (Å²) in [5.41, 5.74) is 3.88. The summed E-state index contributed by atoms with van der Waals surface area (Å²) in [4.78, 5) is 26.8. The first-order chi connectivity index (χ1) is 14.9. The third-order valence-corrected chi connectivity index (χ3v) is 6.26. The number of imidazole rings is 1. The van der Waals surface area contributed by atoms with Crippen molar-refractivity contribution in [3.8, 4) is 11.5 Å². The fourth-order valence-corrected chi connectivity index (χ4v) is 4.62. The van der Waals surface area contributed by atoms with E-state index in [2.05, 4.69) is 39.7 Å². The number of fused-ring (bicyclic) bond motifs is 2. The molecule has 5 rings (SSSR count). The molecule has 1 aliphatic rings. The first-order valence-electron chi connectivity index (χ1n) is 10.8. The Bertz CT molecular complexity index is 1340. The fourth-order valence-electron chi connectivity index (χ4n) is 4.62. The van der Waals surface area contributed by atoms with E-state index in [-0.39, 0.29) is 5.63 Å². The average molecular weight is 418 g/mol. The Labute approximate surface area is 180 Å². The van der Waals surface area contributed by atoms with Crippen LogP contribution in [0.3, 0.4) is 0 Å². The predicted molar refractivity (Wildman–Crippen MR) is 123 cm³/mol. The van der Waals surface area contributed by atoms with E-state index < -0.39 is 0 Å². The van der Waals surface area contributed by atoms with Gasteiger partial charge in [0.15, 0.2) is 11.4 Å². The number of aryl methyl sites for hydroxylation is 2. The molecule has 0 amide bonds. The van der Waals surface area contributed by atoms with Crippen LogP contribution in [0.5, 0.6) is 0 Å². The summed E-state index contributed by atoms with van der Waals surface area (Å²) in [5, 5.41) is 1.46. The molecular weight excluding hydrogens is 390 g/mol. The van der Waals surface area contributed by atoms with Gasteiger partial charge in [0.25, 0.3) is 0 Å². The van der Waals surface area contributed by atoms with Gasteiger partial charge in [0.05, 0.1) is 16.8 Å². The Morgan fingerprint density at radius 1 is 1.13 bits per heavy atom. The van der Waals surface area contributed by atoms with Crippen molar-refractivity contribution in [3.63, 3.8) is 0 Å². The molecule has 1 aromatic carbocycles. The molecule has 7 heteroatoms. The van der Waals surface area contributed by atoms with Crippen molar-refractivity contribution in [2.24, 2.45) is 0 Å². The van der Waals surface area contributed by atoms with Crippen LogP contribution in [0.2, 0.25) is 0 Å². The number of nitrogens with zero attached hydrogens (tertiary/aromatic N) is 5. The van der Waals surface area contributed by atoms with Crippen molar-refractivity contribution in [1.82, 2.24) is 19.3 Å². The molecule has 1 aliphatic heterocycles. The molecule has 0 aliphatic carbocycles. The van der Waals surface area contributed by atoms with Crippen molar-refractivity contribution in [1.29, 1.82) is 0 Å². The summed E-state index contributed by atoms with van der Waals surface area (Å²) in [7, 11) is 0. The number of rotatable bonds is 3. The van der Waals surface area contributed by atoms with Gasteiger partial charge in [-0.05, 0) is 50.9 Å². The molecule has 1 atom stereocenters. The number of anilines is 1. The van der Waals surface area contributed by atoms with Gasteiger partial charge in [0.2, 0.25) is 0 Å². The molecule has 0 radical (unpaired) electrons. The molecule has 0 saturated carbocycles. The molecule has 7 nitrogen and oxygen atoms in total. The maximum Gasteiger partial charge on any atom is 0.344 e. The number of benzene rings is 1. The first-order valence-corrected chi connectivity index (χ1v) is 10.8. The number of piperazine rings is 1. The van der Waals surface area contributed by atoms with Crippen LogP contribution in [0.4, 0.5) is 5.69 Å². The molecule has 160 valence electrons. The lowest BCUT2D eigenvalue weighted by molar-refractivity contribution is 0.199. The van der Waals surface area contributed by atoms with Gasteiger partial charge in [0.1, 0.15) is 5.69 Å². The predicted octanol–water partition coefficient (Wildman–Crippen LogP) is 3.65. The van der Waals surface area contributed by atoms with Crippen LogP contribution in [0.25, 0.3) is 27.9 Å². The molecule has 1 fully saturated rings. The second-order valence-electron chi connectivity index (χ2n) is 8.42. The van der Waals surface area contributed by atoms with Crippen LogP contribution in [0.1, 0.15) is 25.2 Å². The van der Waals surface area contributed by atoms with Gasteiger partial charge in [0, 0.05) is 43.8 Å². The summed E-state index contributed by atoms with van der Waals surface area (Å²) in [6.45, 7) is 12.3. The quantitative estimate of drug-likeness (QED) is 0.507. The SMILES string of the molecule is CCN1CCN(c2ccc3cc(-c4cn5cc(C)nc(C)c5n4)oc(=O)c3c2)C[C@@H]1C. The molecule has 4 heterocycles. The van der Waals surface area contributed by atoms with Crippen LogP contribution in [-0.2, 0) is 0 Å². The van der Waals surface area contributed by atoms with Crippen molar-refractivity contribution in [2.45, 2.75) is 33.7 Å². The van der Waals surface area contributed by atoms with E-state index in [0.29, 0.717) is 22.9 Å². The average Bonchev–Trinajstić information content (AvgIpc) is 3.18. The largest absolute Gasteiger partial charge is 0.421 e. The van der Waals surface area contributed by atoms with Crippen LogP contribution >= 0.6 is 0 Å². The monoisotopic (exact) mass is 417 g/mol. The van der Waals surface area contributed by atoms with Crippen molar-refractivity contribution < 1.29 is 4.42 Å². The van der Waals surface area contributed by atoms with Crippen LogP contribution in [-0.4, -0.2) is 51.5 Å². The Morgan fingerprint density at radius 2 is 1.97 bits per heavy atom. The van der Waals surface area contributed by atoms with E-state index >= 15 is 0 Å². The summed E-state index contributed by atoms with van der Waals surface area (Å²) >= 11 is 0. The lowest BCUT2D eigenvalue weighted by atomic mass is 10.1. The van der Waals surface area contributed by atoms with Gasteiger partial charge in [-0.1, -0.05) is 13.0 Å². The Morgan fingerprint density at radius 3 is 2.74 bits per heavy atom. The molecule has 0 N–H and O–H groups in total. The zero-order valence-corrected chi connectivity index (χ0v) is 18.4. The zero-order chi connectivity index (χ0) is 21.7. The number of hydrogen-bond acceptors (Lipinski definition) is 6. The Kier molecular flexibility index (Phi) is 4.78. The Hall–Kier alpha value is -3.19. The third kappa shape index (κ3) is 3.49. The normalized spacial score (nSPS) is 17.7. The lowest BCUT2D eigenvalue weighted by Crippen LogP contribution is -2.51. The highest BCUT2D eigenvalue weighted by Crippen LogP contribution is 2.27. The highest BCUT2D eigenvalue weighted by Gasteiger charge is 2.23. The van der Waals surface area contributed by atoms with Gasteiger partial charge in [-0.25, -0.2) is 9.78 Å². The number of hydrogen-bond donors (Lipinski definition) is 0. The van der Waals surface area contributed by atoms with Crippen LogP contribution in [0.15, 0.2) is 45.9 Å². The van der Waals surface area contributed by atoms with E-state index in [1.165, 1.54) is 0 Å². The summed E-state index contributed by atoms with van der Waals surface area (Å²) in [6.07, 6.45) is 3.80. The topological polar surface area (TPSA) is 66.9 Å². The van der Waals surface area contributed by atoms with Gasteiger partial charge < -0.3 is 13.7 Å². The Balaban J connectivity index is 1.52. The first kappa shape index (κ1) is 19.8. The summed E-state index contributed by atoms with van der Waals surface area (Å²) < 4.78 is 7.62. The van der Waals surface area contributed by atoms with E-state index in [1.807, 2.05) is 48.8 Å². The van der Waals surface area contributed by atoms with Crippen molar-refractivity contribution in [3.05, 3.63) is 58.5 Å².